The second kappa shape index (κ2) is 2.91. The predicted molar refractivity (Wildman–Crippen MR) is 51.8 cm³/mol. The molecule has 3 heteroatoms. The molecule has 2 rings (SSSR count). The Balaban J connectivity index is 2.38. The number of halogens is 2. The van der Waals surface area contributed by atoms with E-state index < -0.39 is 0 Å². The lowest BCUT2D eigenvalue weighted by Gasteiger charge is -2.02. The summed E-state index contributed by atoms with van der Waals surface area (Å²) in [7, 11) is 0. The van der Waals surface area contributed by atoms with Gasteiger partial charge in [0.2, 0.25) is 0 Å². The summed E-state index contributed by atoms with van der Waals surface area (Å²) < 4.78 is 0. The number of hydrogen-bond acceptors (Lipinski definition) is 1. The molecule has 2 atom stereocenters. The van der Waals surface area contributed by atoms with E-state index >= 15 is 0 Å². The van der Waals surface area contributed by atoms with Crippen LogP contribution >= 0.6 is 23.2 Å². The van der Waals surface area contributed by atoms with Crippen LogP contribution in [-0.2, 0) is 0 Å². The van der Waals surface area contributed by atoms with Crippen LogP contribution in [0, 0.1) is 0 Å². The minimum absolute atomic E-state index is 0.279. The average molecular weight is 202 g/mol. The third kappa shape index (κ3) is 1.33. The number of rotatable bonds is 1. The summed E-state index contributed by atoms with van der Waals surface area (Å²) in [6.07, 6.45) is 1.03. The van der Waals surface area contributed by atoms with Gasteiger partial charge in [-0.2, -0.15) is 0 Å². The van der Waals surface area contributed by atoms with Crippen molar-refractivity contribution in [1.29, 1.82) is 0 Å². The highest BCUT2D eigenvalue weighted by molar-refractivity contribution is 6.42. The Morgan fingerprint density at radius 2 is 2.00 bits per heavy atom. The van der Waals surface area contributed by atoms with Gasteiger partial charge in [-0.25, -0.2) is 0 Å². The molecule has 1 aromatic carbocycles. The Hall–Kier alpha value is -0.240. The normalized spacial score (nSPS) is 27.2. The van der Waals surface area contributed by atoms with Crippen molar-refractivity contribution in [3.8, 4) is 0 Å². The smallest absolute Gasteiger partial charge is 0.0627 e. The molecule has 0 saturated heterocycles. The Kier molecular flexibility index (Phi) is 2.03. The summed E-state index contributed by atoms with van der Waals surface area (Å²) in [5, 5.41) is 1.28. The number of benzene rings is 1. The van der Waals surface area contributed by atoms with Crippen LogP contribution in [0.4, 0.5) is 0 Å². The van der Waals surface area contributed by atoms with Gasteiger partial charge in [-0.05, 0) is 18.1 Å². The van der Waals surface area contributed by atoms with Gasteiger partial charge >= 0.3 is 0 Å². The molecule has 0 unspecified atom stereocenters. The highest BCUT2D eigenvalue weighted by atomic mass is 35.5. The van der Waals surface area contributed by atoms with Gasteiger partial charge in [0.15, 0.2) is 0 Å². The highest BCUT2D eigenvalue weighted by Gasteiger charge is 2.36. The Morgan fingerprint density at radius 1 is 1.33 bits per heavy atom. The minimum Gasteiger partial charge on any atom is -0.327 e. The van der Waals surface area contributed by atoms with Crippen molar-refractivity contribution >= 4 is 23.2 Å². The molecule has 0 radical (unpaired) electrons. The zero-order valence-electron chi connectivity index (χ0n) is 6.43. The number of nitrogens with two attached hydrogens (primary N) is 1. The van der Waals surface area contributed by atoms with Crippen LogP contribution in [0.2, 0.25) is 10.0 Å². The molecule has 0 amide bonds. The number of hydrogen-bond donors (Lipinski definition) is 1. The second-order valence-electron chi connectivity index (χ2n) is 3.15. The lowest BCUT2D eigenvalue weighted by Crippen LogP contribution is -2.01. The maximum Gasteiger partial charge on any atom is 0.0627 e. The molecule has 1 nitrogen and oxygen atoms in total. The largest absolute Gasteiger partial charge is 0.327 e. The molecule has 1 fully saturated rings. The molecule has 0 aliphatic heterocycles. The first-order valence-electron chi connectivity index (χ1n) is 3.89. The molecule has 0 spiro atoms. The lowest BCUT2D eigenvalue weighted by molar-refractivity contribution is 0.991. The Bertz CT molecular complexity index is 311. The summed E-state index contributed by atoms with van der Waals surface area (Å²) in [4.78, 5) is 0. The third-order valence-corrected chi connectivity index (χ3v) is 3.05. The van der Waals surface area contributed by atoms with Crippen LogP contribution in [0.1, 0.15) is 17.9 Å². The van der Waals surface area contributed by atoms with Gasteiger partial charge < -0.3 is 5.73 Å². The monoisotopic (exact) mass is 201 g/mol. The van der Waals surface area contributed by atoms with Crippen molar-refractivity contribution < 1.29 is 0 Å². The SMILES string of the molecule is N[C@@H]1C[C@@H]1c1cccc(Cl)c1Cl. The fraction of sp³-hybridized carbons (Fsp3) is 0.333. The van der Waals surface area contributed by atoms with E-state index in [9.17, 15) is 0 Å². The van der Waals surface area contributed by atoms with Crippen LogP contribution < -0.4 is 5.73 Å². The second-order valence-corrected chi connectivity index (χ2v) is 3.93. The van der Waals surface area contributed by atoms with Crippen molar-refractivity contribution in [3.63, 3.8) is 0 Å². The molecule has 2 N–H and O–H groups in total. The molecule has 0 heterocycles. The predicted octanol–water partition coefficient (Wildman–Crippen LogP) is 2.81. The molecule has 0 aromatic heterocycles. The van der Waals surface area contributed by atoms with Crippen LogP contribution in [0.25, 0.3) is 0 Å². The first-order valence-corrected chi connectivity index (χ1v) is 4.65. The van der Waals surface area contributed by atoms with E-state index in [1.54, 1.807) is 6.07 Å². The highest BCUT2D eigenvalue weighted by Crippen LogP contribution is 2.43. The van der Waals surface area contributed by atoms with E-state index in [1.807, 2.05) is 12.1 Å². The third-order valence-electron chi connectivity index (χ3n) is 2.22. The Labute approximate surface area is 81.5 Å². The van der Waals surface area contributed by atoms with Crippen LogP contribution in [0.15, 0.2) is 18.2 Å². The van der Waals surface area contributed by atoms with Crippen molar-refractivity contribution in [2.45, 2.75) is 18.4 Å². The average Bonchev–Trinajstić information content (AvgIpc) is 2.73. The zero-order chi connectivity index (χ0) is 8.72. The van der Waals surface area contributed by atoms with Crippen LogP contribution in [0.3, 0.4) is 0 Å². The Morgan fingerprint density at radius 3 is 2.58 bits per heavy atom. The first-order chi connectivity index (χ1) is 5.70. The standard InChI is InChI=1S/C9H9Cl2N/c10-7-3-1-2-5(9(7)11)6-4-8(6)12/h1-3,6,8H,4,12H2/t6-,8-/m1/s1. The van der Waals surface area contributed by atoms with E-state index in [1.165, 1.54) is 0 Å². The maximum absolute atomic E-state index is 6.01. The quantitative estimate of drug-likeness (QED) is 0.744. The van der Waals surface area contributed by atoms with Crippen molar-refractivity contribution in [2.75, 3.05) is 0 Å². The molecule has 1 saturated carbocycles. The van der Waals surface area contributed by atoms with E-state index in [0.29, 0.717) is 16.0 Å². The summed E-state index contributed by atoms with van der Waals surface area (Å²) in [6.45, 7) is 0. The molecule has 1 aliphatic carbocycles. The van der Waals surface area contributed by atoms with Gasteiger partial charge in [0.25, 0.3) is 0 Å². The summed E-state index contributed by atoms with van der Waals surface area (Å²) in [5.74, 6) is 0.427. The summed E-state index contributed by atoms with van der Waals surface area (Å²) in [6, 6.07) is 5.97. The van der Waals surface area contributed by atoms with Gasteiger partial charge in [-0.1, -0.05) is 35.3 Å². The minimum atomic E-state index is 0.279. The van der Waals surface area contributed by atoms with Gasteiger partial charge in [0.05, 0.1) is 10.0 Å². The molecular formula is C9H9Cl2N. The fourth-order valence-corrected chi connectivity index (χ4v) is 1.83. The van der Waals surface area contributed by atoms with Gasteiger partial charge in [0, 0.05) is 12.0 Å². The molecule has 1 aromatic rings. The molecule has 1 aliphatic rings. The molecular weight excluding hydrogens is 193 g/mol. The van der Waals surface area contributed by atoms with E-state index in [-0.39, 0.29) is 6.04 Å². The first kappa shape index (κ1) is 8.36. The molecule has 12 heavy (non-hydrogen) atoms. The van der Waals surface area contributed by atoms with Crippen molar-refractivity contribution in [2.24, 2.45) is 5.73 Å². The van der Waals surface area contributed by atoms with Gasteiger partial charge in [-0.3, -0.25) is 0 Å². The van der Waals surface area contributed by atoms with E-state index in [2.05, 4.69) is 0 Å². The summed E-state index contributed by atoms with van der Waals surface area (Å²) in [5.41, 5.74) is 6.81. The zero-order valence-corrected chi connectivity index (χ0v) is 7.94. The van der Waals surface area contributed by atoms with E-state index in [0.717, 1.165) is 12.0 Å². The van der Waals surface area contributed by atoms with Crippen LogP contribution in [-0.4, -0.2) is 6.04 Å². The van der Waals surface area contributed by atoms with Crippen molar-refractivity contribution in [1.82, 2.24) is 0 Å². The van der Waals surface area contributed by atoms with Crippen LogP contribution in [0.5, 0.6) is 0 Å². The molecule has 0 bridgehead atoms. The fourth-order valence-electron chi connectivity index (χ4n) is 1.38. The maximum atomic E-state index is 6.01. The van der Waals surface area contributed by atoms with Crippen molar-refractivity contribution in [3.05, 3.63) is 33.8 Å². The van der Waals surface area contributed by atoms with E-state index in [4.69, 9.17) is 28.9 Å². The van der Waals surface area contributed by atoms with Gasteiger partial charge in [0.1, 0.15) is 0 Å². The lowest BCUT2D eigenvalue weighted by atomic mass is 10.1. The molecule has 64 valence electrons. The topological polar surface area (TPSA) is 26.0 Å². The summed E-state index contributed by atoms with van der Waals surface area (Å²) >= 11 is 11.9. The van der Waals surface area contributed by atoms with Gasteiger partial charge in [-0.15, -0.1) is 0 Å².